The third-order valence-electron chi connectivity index (χ3n) is 3.58. The summed E-state index contributed by atoms with van der Waals surface area (Å²) in [6.45, 7) is 0.805. The van der Waals surface area contributed by atoms with Gasteiger partial charge >= 0.3 is 0 Å². The van der Waals surface area contributed by atoms with Gasteiger partial charge in [-0.2, -0.15) is 4.31 Å². The van der Waals surface area contributed by atoms with E-state index in [9.17, 15) is 8.42 Å². The van der Waals surface area contributed by atoms with Gasteiger partial charge in [0.15, 0.2) is 0 Å². The lowest BCUT2D eigenvalue weighted by Crippen LogP contribution is -2.45. The Hall–Kier alpha value is -0.820. The molecule has 2 unspecified atom stereocenters. The third-order valence-corrected chi connectivity index (χ3v) is 5.90. The van der Waals surface area contributed by atoms with E-state index in [0.717, 1.165) is 12.8 Å². The number of ether oxygens (including phenoxy) is 1. The van der Waals surface area contributed by atoms with E-state index in [1.807, 2.05) is 0 Å². The van der Waals surface area contributed by atoms with Crippen LogP contribution in [0.15, 0.2) is 23.1 Å². The number of nitrogens with two attached hydrogens (primary N) is 1. The number of nitrogen functional groups attached to an aromatic ring is 1. The van der Waals surface area contributed by atoms with Crippen LogP contribution in [0.2, 0.25) is 5.02 Å². The van der Waals surface area contributed by atoms with E-state index in [1.165, 1.54) is 16.4 Å². The molecule has 7 heteroatoms. The largest absolute Gasteiger partial charge is 0.399 e. The lowest BCUT2D eigenvalue weighted by molar-refractivity contribution is -0.0114. The smallest absolute Gasteiger partial charge is 0.244 e. The van der Waals surface area contributed by atoms with Crippen LogP contribution in [0.3, 0.4) is 0 Å². The molecule has 2 aliphatic rings. The van der Waals surface area contributed by atoms with Crippen molar-refractivity contribution in [2.24, 2.45) is 0 Å². The minimum Gasteiger partial charge on any atom is -0.399 e. The maximum absolute atomic E-state index is 12.6. The van der Waals surface area contributed by atoms with Gasteiger partial charge in [-0.25, -0.2) is 8.42 Å². The standard InChI is InChI=1S/C12H15ClN2O3S/c13-11-5-8(14)1-4-12(11)19(16,17)15-6-9-2-3-10(7-15)18-9/h1,4-5,9-10H,2-3,6-7,14H2. The van der Waals surface area contributed by atoms with Gasteiger partial charge in [0.25, 0.3) is 0 Å². The number of sulfonamides is 1. The van der Waals surface area contributed by atoms with E-state index in [0.29, 0.717) is 18.8 Å². The van der Waals surface area contributed by atoms with Crippen molar-refractivity contribution in [2.75, 3.05) is 18.8 Å². The second kappa shape index (κ2) is 4.63. The van der Waals surface area contributed by atoms with Crippen LogP contribution < -0.4 is 5.73 Å². The van der Waals surface area contributed by atoms with Crippen molar-refractivity contribution in [1.29, 1.82) is 0 Å². The van der Waals surface area contributed by atoms with Crippen LogP contribution in [0.25, 0.3) is 0 Å². The molecule has 0 aliphatic carbocycles. The molecule has 1 aromatic rings. The predicted molar refractivity (Wildman–Crippen MR) is 72.5 cm³/mol. The second-order valence-electron chi connectivity index (χ2n) is 4.97. The summed E-state index contributed by atoms with van der Waals surface area (Å²) in [4.78, 5) is 0.115. The van der Waals surface area contributed by atoms with E-state index < -0.39 is 10.0 Å². The van der Waals surface area contributed by atoms with Crippen molar-refractivity contribution in [3.05, 3.63) is 23.2 Å². The lowest BCUT2D eigenvalue weighted by Gasteiger charge is -2.31. The Morgan fingerprint density at radius 2 is 1.89 bits per heavy atom. The Labute approximate surface area is 117 Å². The van der Waals surface area contributed by atoms with E-state index >= 15 is 0 Å². The van der Waals surface area contributed by atoms with Crippen molar-refractivity contribution in [1.82, 2.24) is 4.31 Å². The monoisotopic (exact) mass is 302 g/mol. The number of anilines is 1. The van der Waals surface area contributed by atoms with E-state index in [4.69, 9.17) is 22.1 Å². The fourth-order valence-electron chi connectivity index (χ4n) is 2.64. The Bertz CT molecular complexity index is 593. The molecule has 2 bridgehead atoms. The molecule has 2 fully saturated rings. The first-order chi connectivity index (χ1) is 8.96. The molecule has 0 saturated carbocycles. The molecule has 2 heterocycles. The molecule has 104 valence electrons. The van der Waals surface area contributed by atoms with Crippen LogP contribution in [0.5, 0.6) is 0 Å². The number of hydrogen-bond donors (Lipinski definition) is 1. The minimum absolute atomic E-state index is 0.0149. The molecule has 2 N–H and O–H groups in total. The van der Waals surface area contributed by atoms with Crippen molar-refractivity contribution in [2.45, 2.75) is 29.9 Å². The summed E-state index contributed by atoms with van der Waals surface area (Å²) in [6, 6.07) is 4.47. The number of benzene rings is 1. The van der Waals surface area contributed by atoms with Gasteiger partial charge in [0, 0.05) is 18.8 Å². The first kappa shape index (κ1) is 13.2. The average molecular weight is 303 g/mol. The van der Waals surface area contributed by atoms with Gasteiger partial charge in [-0.3, -0.25) is 0 Å². The highest BCUT2D eigenvalue weighted by Crippen LogP contribution is 2.32. The van der Waals surface area contributed by atoms with Gasteiger partial charge < -0.3 is 10.5 Å². The van der Waals surface area contributed by atoms with Crippen LogP contribution >= 0.6 is 11.6 Å². The zero-order valence-corrected chi connectivity index (χ0v) is 11.8. The summed E-state index contributed by atoms with van der Waals surface area (Å²) in [5, 5.41) is 0.166. The molecule has 0 aromatic heterocycles. The summed E-state index contributed by atoms with van der Waals surface area (Å²) >= 11 is 6.00. The molecule has 3 rings (SSSR count). The zero-order valence-electron chi connectivity index (χ0n) is 10.3. The van der Waals surface area contributed by atoms with Crippen LogP contribution in [0.4, 0.5) is 5.69 Å². The number of nitrogens with zero attached hydrogens (tertiary/aromatic N) is 1. The van der Waals surface area contributed by atoms with Gasteiger partial charge in [-0.15, -0.1) is 0 Å². The van der Waals surface area contributed by atoms with Crippen molar-refractivity contribution >= 4 is 27.3 Å². The number of morpholine rings is 1. The fraction of sp³-hybridized carbons (Fsp3) is 0.500. The maximum Gasteiger partial charge on any atom is 0.244 e. The van der Waals surface area contributed by atoms with Crippen LogP contribution in [-0.4, -0.2) is 38.0 Å². The molecule has 2 atom stereocenters. The molecule has 0 spiro atoms. The quantitative estimate of drug-likeness (QED) is 0.840. The first-order valence-electron chi connectivity index (χ1n) is 6.17. The van der Waals surface area contributed by atoms with Crippen LogP contribution in [-0.2, 0) is 14.8 Å². The van der Waals surface area contributed by atoms with Crippen molar-refractivity contribution < 1.29 is 13.2 Å². The highest BCUT2D eigenvalue weighted by atomic mass is 35.5. The van der Waals surface area contributed by atoms with Gasteiger partial charge in [0.2, 0.25) is 10.0 Å². The summed E-state index contributed by atoms with van der Waals surface area (Å²) < 4.78 is 32.3. The zero-order chi connectivity index (χ0) is 13.6. The van der Waals surface area contributed by atoms with Crippen LogP contribution in [0.1, 0.15) is 12.8 Å². The van der Waals surface area contributed by atoms with E-state index in [2.05, 4.69) is 0 Å². The Kier molecular flexibility index (Phi) is 3.21. The second-order valence-corrected chi connectivity index (χ2v) is 7.28. The molecule has 5 nitrogen and oxygen atoms in total. The lowest BCUT2D eigenvalue weighted by atomic mass is 10.2. The van der Waals surface area contributed by atoms with Crippen LogP contribution in [0, 0.1) is 0 Å². The van der Waals surface area contributed by atoms with Gasteiger partial charge in [0.1, 0.15) is 4.90 Å². The minimum atomic E-state index is -3.57. The molecular formula is C12H15ClN2O3S. The molecule has 0 amide bonds. The van der Waals surface area contributed by atoms with Gasteiger partial charge in [0.05, 0.1) is 17.2 Å². The Morgan fingerprint density at radius 1 is 1.26 bits per heavy atom. The topological polar surface area (TPSA) is 72.6 Å². The number of fused-ring (bicyclic) bond motifs is 2. The molecule has 2 saturated heterocycles. The summed E-state index contributed by atoms with van der Waals surface area (Å²) in [6.07, 6.45) is 1.88. The Balaban J connectivity index is 1.94. The highest BCUT2D eigenvalue weighted by molar-refractivity contribution is 7.89. The normalized spacial score (nSPS) is 27.6. The van der Waals surface area contributed by atoms with Crippen molar-refractivity contribution in [3.63, 3.8) is 0 Å². The Morgan fingerprint density at radius 3 is 2.47 bits per heavy atom. The summed E-state index contributed by atoms with van der Waals surface area (Å²) in [5.74, 6) is 0. The number of hydrogen-bond acceptors (Lipinski definition) is 4. The van der Waals surface area contributed by atoms with Gasteiger partial charge in [-0.1, -0.05) is 11.6 Å². The van der Waals surface area contributed by atoms with Crippen molar-refractivity contribution in [3.8, 4) is 0 Å². The summed E-state index contributed by atoms with van der Waals surface area (Å²) in [5.41, 5.74) is 6.04. The SMILES string of the molecule is Nc1ccc(S(=O)(=O)N2CC3CCC(C2)O3)c(Cl)c1. The first-order valence-corrected chi connectivity index (χ1v) is 7.99. The summed E-state index contributed by atoms with van der Waals surface area (Å²) in [7, 11) is -3.57. The maximum atomic E-state index is 12.6. The number of rotatable bonds is 2. The molecule has 1 aromatic carbocycles. The molecule has 2 aliphatic heterocycles. The predicted octanol–water partition coefficient (Wildman–Crippen LogP) is 1.47. The fourth-order valence-corrected chi connectivity index (χ4v) is 4.67. The third kappa shape index (κ3) is 2.33. The molecular weight excluding hydrogens is 288 g/mol. The van der Waals surface area contributed by atoms with Gasteiger partial charge in [-0.05, 0) is 31.0 Å². The average Bonchev–Trinajstić information content (AvgIpc) is 2.67. The van der Waals surface area contributed by atoms with E-state index in [-0.39, 0.29) is 22.1 Å². The van der Waals surface area contributed by atoms with E-state index in [1.54, 1.807) is 6.07 Å². The number of halogens is 1. The highest BCUT2D eigenvalue weighted by Gasteiger charge is 2.39. The molecule has 0 radical (unpaired) electrons. The molecule has 19 heavy (non-hydrogen) atoms.